The van der Waals surface area contributed by atoms with Gasteiger partial charge in [0.25, 0.3) is 0 Å². The maximum absolute atomic E-state index is 12.0. The number of hydrogen-bond donors (Lipinski definition) is 1. The number of nitrogens with zero attached hydrogens (tertiary/aromatic N) is 2. The molecule has 6 heteroatoms. The first kappa shape index (κ1) is 16.6. The molecule has 0 aromatic heterocycles. The van der Waals surface area contributed by atoms with Crippen molar-refractivity contribution in [2.75, 3.05) is 39.8 Å². The molecule has 2 amide bonds. The van der Waals surface area contributed by atoms with Crippen molar-refractivity contribution in [2.24, 2.45) is 5.92 Å². The normalized spacial score (nSPS) is 16.7. The summed E-state index contributed by atoms with van der Waals surface area (Å²) in [5.41, 5.74) is 0. The molecule has 1 aliphatic heterocycles. The van der Waals surface area contributed by atoms with Crippen molar-refractivity contribution in [3.63, 3.8) is 0 Å². The van der Waals surface area contributed by atoms with Gasteiger partial charge in [-0.1, -0.05) is 6.92 Å². The Morgan fingerprint density at radius 1 is 1.35 bits per heavy atom. The lowest BCUT2D eigenvalue weighted by Crippen LogP contribution is -2.45. The lowest BCUT2D eigenvalue weighted by Gasteiger charge is -2.30. The van der Waals surface area contributed by atoms with Crippen molar-refractivity contribution in [2.45, 2.75) is 26.2 Å². The smallest absolute Gasteiger partial charge is 0.239 e. The number of likely N-dealkylation sites (N-methyl/N-ethyl adjacent to an activating group) is 1. The van der Waals surface area contributed by atoms with Crippen LogP contribution in [0.15, 0.2) is 0 Å². The van der Waals surface area contributed by atoms with E-state index in [9.17, 15) is 14.4 Å². The van der Waals surface area contributed by atoms with Gasteiger partial charge < -0.3 is 15.0 Å². The van der Waals surface area contributed by atoms with Gasteiger partial charge in [0.15, 0.2) is 0 Å². The molecule has 1 aliphatic rings. The average Bonchev–Trinajstić information content (AvgIpc) is 2.45. The molecule has 114 valence electrons. The molecule has 0 unspecified atom stereocenters. The molecule has 1 N–H and O–H groups in total. The molecule has 0 spiro atoms. The minimum Gasteiger partial charge on any atom is -0.355 e. The van der Waals surface area contributed by atoms with E-state index in [2.05, 4.69) is 5.32 Å². The molecule has 0 saturated carbocycles. The topological polar surface area (TPSA) is 69.7 Å². The van der Waals surface area contributed by atoms with Gasteiger partial charge in [0.2, 0.25) is 11.8 Å². The van der Waals surface area contributed by atoms with Gasteiger partial charge >= 0.3 is 0 Å². The molecular formula is C14H25N3O3. The Morgan fingerprint density at radius 3 is 2.55 bits per heavy atom. The summed E-state index contributed by atoms with van der Waals surface area (Å²) in [6, 6.07) is 0. The lowest BCUT2D eigenvalue weighted by molar-refractivity contribution is -0.135. The van der Waals surface area contributed by atoms with Gasteiger partial charge in [0.1, 0.15) is 6.29 Å². The zero-order valence-electron chi connectivity index (χ0n) is 12.4. The van der Waals surface area contributed by atoms with Crippen molar-refractivity contribution < 1.29 is 14.4 Å². The van der Waals surface area contributed by atoms with Crippen LogP contribution in [0, 0.1) is 5.92 Å². The number of carbonyl (C=O) groups is 3. The van der Waals surface area contributed by atoms with Crippen molar-refractivity contribution in [3.8, 4) is 0 Å². The van der Waals surface area contributed by atoms with Gasteiger partial charge in [0.05, 0.1) is 13.1 Å². The van der Waals surface area contributed by atoms with E-state index in [4.69, 9.17) is 0 Å². The zero-order valence-corrected chi connectivity index (χ0v) is 12.4. The average molecular weight is 283 g/mol. The number of nitrogens with one attached hydrogen (secondary N) is 1. The summed E-state index contributed by atoms with van der Waals surface area (Å²) in [5, 5.41) is 2.75. The van der Waals surface area contributed by atoms with Gasteiger partial charge in [-0.15, -0.1) is 0 Å². The first-order chi connectivity index (χ1) is 9.56. The van der Waals surface area contributed by atoms with Crippen molar-refractivity contribution in [1.82, 2.24) is 15.1 Å². The third-order valence-corrected chi connectivity index (χ3v) is 3.56. The zero-order chi connectivity index (χ0) is 15.0. The molecule has 1 saturated heterocycles. The Kier molecular flexibility index (Phi) is 7.22. The number of amides is 2. The van der Waals surface area contributed by atoms with Crippen LogP contribution in [0.5, 0.6) is 0 Å². The van der Waals surface area contributed by atoms with E-state index >= 15 is 0 Å². The molecule has 6 nitrogen and oxygen atoms in total. The summed E-state index contributed by atoms with van der Waals surface area (Å²) in [5.74, 6) is -0.0394. The van der Waals surface area contributed by atoms with E-state index in [1.165, 1.54) is 4.90 Å². The highest BCUT2D eigenvalue weighted by Crippen LogP contribution is 2.14. The number of carbonyl (C=O) groups excluding carboxylic acids is 3. The Morgan fingerprint density at radius 2 is 2.00 bits per heavy atom. The highest BCUT2D eigenvalue weighted by molar-refractivity contribution is 5.85. The Labute approximate surface area is 120 Å². The number of aldehydes is 1. The lowest BCUT2D eigenvalue weighted by atomic mass is 9.99. The third-order valence-electron chi connectivity index (χ3n) is 3.56. The Hall–Kier alpha value is -1.43. The van der Waals surface area contributed by atoms with E-state index in [0.717, 1.165) is 38.6 Å². The van der Waals surface area contributed by atoms with Gasteiger partial charge in [-0.2, -0.15) is 0 Å². The SMILES string of the molecule is CCCNC(=O)CN(C)C(=O)CN1CCC(C=O)CC1. The van der Waals surface area contributed by atoms with Crippen LogP contribution in [-0.4, -0.2) is 67.7 Å². The highest BCUT2D eigenvalue weighted by Gasteiger charge is 2.22. The van der Waals surface area contributed by atoms with Gasteiger partial charge in [0, 0.05) is 19.5 Å². The van der Waals surface area contributed by atoms with Crippen LogP contribution in [0.1, 0.15) is 26.2 Å². The molecule has 0 aliphatic carbocycles. The second kappa shape index (κ2) is 8.68. The molecule has 0 radical (unpaired) electrons. The van der Waals surface area contributed by atoms with Crippen LogP contribution in [0.3, 0.4) is 0 Å². The maximum atomic E-state index is 12.0. The summed E-state index contributed by atoms with van der Waals surface area (Å²) in [6.45, 7) is 4.58. The second-order valence-electron chi connectivity index (χ2n) is 5.35. The fraction of sp³-hybridized carbons (Fsp3) is 0.786. The monoisotopic (exact) mass is 283 g/mol. The predicted octanol–water partition coefficient (Wildman–Crippen LogP) is -0.118. The van der Waals surface area contributed by atoms with E-state index in [1.54, 1.807) is 7.05 Å². The van der Waals surface area contributed by atoms with Crippen LogP contribution in [0.2, 0.25) is 0 Å². The molecule has 1 heterocycles. The second-order valence-corrected chi connectivity index (χ2v) is 5.35. The molecule has 0 atom stereocenters. The van der Waals surface area contributed by atoms with E-state index in [1.807, 2.05) is 11.8 Å². The fourth-order valence-corrected chi connectivity index (χ4v) is 2.18. The summed E-state index contributed by atoms with van der Waals surface area (Å²) in [4.78, 5) is 37.7. The highest BCUT2D eigenvalue weighted by atomic mass is 16.2. The molecule has 0 bridgehead atoms. The molecule has 1 fully saturated rings. The minimum absolute atomic E-state index is 0.0544. The molecular weight excluding hydrogens is 258 g/mol. The quantitative estimate of drug-likeness (QED) is 0.662. The summed E-state index contributed by atoms with van der Waals surface area (Å²) in [7, 11) is 1.64. The molecule has 0 aromatic rings. The summed E-state index contributed by atoms with van der Waals surface area (Å²) in [6.07, 6.45) is 3.52. The summed E-state index contributed by atoms with van der Waals surface area (Å²) < 4.78 is 0. The van der Waals surface area contributed by atoms with Gasteiger partial charge in [-0.05, 0) is 32.4 Å². The first-order valence-electron chi connectivity index (χ1n) is 7.25. The number of likely N-dealkylation sites (tertiary alicyclic amines) is 1. The third kappa shape index (κ3) is 5.69. The predicted molar refractivity (Wildman–Crippen MR) is 76.2 cm³/mol. The Balaban J connectivity index is 2.28. The fourth-order valence-electron chi connectivity index (χ4n) is 2.18. The molecule has 0 aromatic carbocycles. The van der Waals surface area contributed by atoms with Gasteiger partial charge in [-0.3, -0.25) is 14.5 Å². The first-order valence-corrected chi connectivity index (χ1v) is 7.25. The van der Waals surface area contributed by atoms with Crippen molar-refractivity contribution in [1.29, 1.82) is 0 Å². The van der Waals surface area contributed by atoms with Crippen LogP contribution < -0.4 is 5.32 Å². The van der Waals surface area contributed by atoms with Crippen LogP contribution in [0.25, 0.3) is 0 Å². The van der Waals surface area contributed by atoms with Crippen molar-refractivity contribution >= 4 is 18.1 Å². The Bertz CT molecular complexity index is 339. The van der Waals surface area contributed by atoms with Crippen LogP contribution in [-0.2, 0) is 14.4 Å². The number of rotatable bonds is 7. The maximum Gasteiger partial charge on any atom is 0.239 e. The minimum atomic E-state index is -0.123. The number of hydrogen-bond acceptors (Lipinski definition) is 4. The summed E-state index contributed by atoms with van der Waals surface area (Å²) >= 11 is 0. The van der Waals surface area contributed by atoms with E-state index < -0.39 is 0 Å². The molecule has 1 rings (SSSR count). The largest absolute Gasteiger partial charge is 0.355 e. The number of piperidine rings is 1. The van der Waals surface area contributed by atoms with Crippen molar-refractivity contribution in [3.05, 3.63) is 0 Å². The van der Waals surface area contributed by atoms with Crippen LogP contribution >= 0.6 is 0 Å². The standard InChI is InChI=1S/C14H25N3O3/c1-3-6-15-13(19)9-16(2)14(20)10-17-7-4-12(11-18)5-8-17/h11-12H,3-10H2,1-2H3,(H,15,19). The molecule has 20 heavy (non-hydrogen) atoms. The van der Waals surface area contributed by atoms with E-state index in [0.29, 0.717) is 13.1 Å². The van der Waals surface area contributed by atoms with Crippen LogP contribution in [0.4, 0.5) is 0 Å². The van der Waals surface area contributed by atoms with Gasteiger partial charge in [-0.25, -0.2) is 0 Å². The van der Waals surface area contributed by atoms with E-state index in [-0.39, 0.29) is 24.3 Å².